The summed E-state index contributed by atoms with van der Waals surface area (Å²) < 4.78 is 38.6. The number of aliphatic hydroxyl groups excluding tert-OH is 1. The fourth-order valence-electron chi connectivity index (χ4n) is 3.24. The third kappa shape index (κ3) is 4.51. The second-order valence-corrected chi connectivity index (χ2v) is 7.11. The van der Waals surface area contributed by atoms with Crippen molar-refractivity contribution in [2.45, 2.75) is 32.1 Å². The Morgan fingerprint density at radius 2 is 2.00 bits per heavy atom. The molecule has 3 rings (SSSR count). The molecular weight excluding hydrogens is 376 g/mol. The molecule has 1 N–H and O–H groups in total. The molecule has 0 saturated carbocycles. The molecule has 0 bridgehead atoms. The van der Waals surface area contributed by atoms with Crippen LogP contribution >= 0.6 is 11.6 Å². The summed E-state index contributed by atoms with van der Waals surface area (Å²) in [5, 5.41) is 10.9. The number of aryl methyl sites for hydroxylation is 1. The quantitative estimate of drug-likeness (QED) is 0.829. The average molecular weight is 398 g/mol. The van der Waals surface area contributed by atoms with E-state index in [9.17, 15) is 13.9 Å². The maximum atomic E-state index is 14.4. The van der Waals surface area contributed by atoms with Crippen molar-refractivity contribution in [1.82, 2.24) is 4.90 Å². The summed E-state index contributed by atoms with van der Waals surface area (Å²) in [6.07, 6.45) is -0.703. The number of benzene rings is 2. The predicted molar refractivity (Wildman–Crippen MR) is 99.4 cm³/mol. The summed E-state index contributed by atoms with van der Waals surface area (Å²) in [5.41, 5.74) is 0.972. The molecule has 2 aromatic carbocycles. The average Bonchev–Trinajstić information content (AvgIpc) is 2.65. The Balaban J connectivity index is 1.66. The highest BCUT2D eigenvalue weighted by Gasteiger charge is 2.30. The van der Waals surface area contributed by atoms with E-state index in [-0.39, 0.29) is 11.6 Å². The molecule has 1 aliphatic heterocycles. The zero-order chi connectivity index (χ0) is 19.6. The van der Waals surface area contributed by atoms with Gasteiger partial charge in [-0.25, -0.2) is 8.78 Å². The van der Waals surface area contributed by atoms with Gasteiger partial charge < -0.3 is 14.6 Å². The van der Waals surface area contributed by atoms with Crippen LogP contribution in [0.1, 0.15) is 17.5 Å². The topological polar surface area (TPSA) is 41.9 Å². The molecule has 27 heavy (non-hydrogen) atoms. The number of aliphatic hydroxyl groups is 1. The predicted octanol–water partition coefficient (Wildman–Crippen LogP) is 3.95. The largest absolute Gasteiger partial charge is 0.493 e. The van der Waals surface area contributed by atoms with Gasteiger partial charge in [-0.05, 0) is 37.1 Å². The molecule has 1 saturated heterocycles. The Morgan fingerprint density at radius 3 is 2.70 bits per heavy atom. The van der Waals surface area contributed by atoms with Gasteiger partial charge in [-0.1, -0.05) is 17.7 Å². The van der Waals surface area contributed by atoms with Crippen LogP contribution in [0.4, 0.5) is 8.78 Å². The van der Waals surface area contributed by atoms with Gasteiger partial charge in [0.2, 0.25) is 0 Å². The van der Waals surface area contributed by atoms with Gasteiger partial charge in [-0.2, -0.15) is 0 Å². The minimum atomic E-state index is -0.778. The Bertz CT molecular complexity index is 818. The van der Waals surface area contributed by atoms with E-state index in [1.165, 1.54) is 25.3 Å². The van der Waals surface area contributed by atoms with E-state index in [1.54, 1.807) is 19.1 Å². The molecule has 1 aliphatic rings. The zero-order valence-corrected chi connectivity index (χ0v) is 16.0. The first-order chi connectivity index (χ1) is 12.9. The van der Waals surface area contributed by atoms with Gasteiger partial charge in [0.25, 0.3) is 0 Å². The SMILES string of the molecule is COc1cc(F)ccc1O[C@@H]1CCN(Cc2c(Cl)ccc(C)c2F)C[C@H]1O. The Hall–Kier alpha value is -1.89. The summed E-state index contributed by atoms with van der Waals surface area (Å²) in [6, 6.07) is 7.32. The van der Waals surface area contributed by atoms with E-state index in [2.05, 4.69) is 0 Å². The van der Waals surface area contributed by atoms with Crippen molar-refractivity contribution >= 4 is 11.6 Å². The molecule has 0 aliphatic carbocycles. The summed E-state index contributed by atoms with van der Waals surface area (Å²) in [5.74, 6) is -0.0829. The number of β-amino-alcohol motifs (C(OH)–C–C–N with tert-alkyl or cyclic N) is 1. The number of methoxy groups -OCH3 is 1. The maximum absolute atomic E-state index is 14.4. The lowest BCUT2D eigenvalue weighted by atomic mass is 10.0. The number of nitrogens with zero attached hydrogens (tertiary/aromatic N) is 1. The van der Waals surface area contributed by atoms with Crippen molar-refractivity contribution in [3.05, 3.63) is 58.1 Å². The van der Waals surface area contributed by atoms with Crippen LogP contribution in [0, 0.1) is 18.6 Å². The number of likely N-dealkylation sites (tertiary alicyclic amines) is 1. The number of piperidine rings is 1. The van der Waals surface area contributed by atoms with Gasteiger partial charge in [0.05, 0.1) is 7.11 Å². The molecule has 0 unspecified atom stereocenters. The Labute approximate surface area is 162 Å². The van der Waals surface area contributed by atoms with Crippen molar-refractivity contribution in [2.75, 3.05) is 20.2 Å². The highest BCUT2D eigenvalue weighted by Crippen LogP contribution is 2.31. The summed E-state index contributed by atoms with van der Waals surface area (Å²) in [7, 11) is 1.43. The van der Waals surface area contributed by atoms with Crippen LogP contribution in [0.15, 0.2) is 30.3 Å². The van der Waals surface area contributed by atoms with E-state index in [1.807, 2.05) is 4.90 Å². The minimum absolute atomic E-state index is 0.276. The summed E-state index contributed by atoms with van der Waals surface area (Å²) in [6.45, 7) is 2.93. The molecule has 1 fully saturated rings. The molecule has 0 spiro atoms. The number of ether oxygens (including phenoxy) is 2. The van der Waals surface area contributed by atoms with Crippen molar-refractivity contribution in [3.63, 3.8) is 0 Å². The van der Waals surface area contributed by atoms with Crippen molar-refractivity contribution < 1.29 is 23.4 Å². The fourth-order valence-corrected chi connectivity index (χ4v) is 3.45. The Kier molecular flexibility index (Phi) is 6.19. The molecule has 146 valence electrons. The van der Waals surface area contributed by atoms with Gasteiger partial charge in [0.1, 0.15) is 23.8 Å². The van der Waals surface area contributed by atoms with Crippen LogP contribution in [-0.2, 0) is 6.54 Å². The van der Waals surface area contributed by atoms with Crippen LogP contribution in [0.5, 0.6) is 11.5 Å². The minimum Gasteiger partial charge on any atom is -0.493 e. The molecule has 0 aromatic heterocycles. The lowest BCUT2D eigenvalue weighted by molar-refractivity contribution is -0.0285. The van der Waals surface area contributed by atoms with Crippen molar-refractivity contribution in [3.8, 4) is 11.5 Å². The van der Waals surface area contributed by atoms with E-state index in [4.69, 9.17) is 21.1 Å². The van der Waals surface area contributed by atoms with Gasteiger partial charge in [0, 0.05) is 36.3 Å². The Morgan fingerprint density at radius 1 is 1.22 bits per heavy atom. The highest BCUT2D eigenvalue weighted by molar-refractivity contribution is 6.31. The highest BCUT2D eigenvalue weighted by atomic mass is 35.5. The van der Waals surface area contributed by atoms with Crippen LogP contribution < -0.4 is 9.47 Å². The first-order valence-electron chi connectivity index (χ1n) is 8.73. The molecule has 1 heterocycles. The molecule has 7 heteroatoms. The van der Waals surface area contributed by atoms with Gasteiger partial charge in [-0.15, -0.1) is 0 Å². The van der Waals surface area contributed by atoms with Gasteiger partial charge >= 0.3 is 0 Å². The lowest BCUT2D eigenvalue weighted by Gasteiger charge is -2.36. The molecule has 2 aromatic rings. The first-order valence-corrected chi connectivity index (χ1v) is 9.11. The second-order valence-electron chi connectivity index (χ2n) is 6.70. The summed E-state index contributed by atoms with van der Waals surface area (Å²) in [4.78, 5) is 1.94. The third-order valence-corrected chi connectivity index (χ3v) is 5.12. The second kappa shape index (κ2) is 8.42. The molecule has 4 nitrogen and oxygen atoms in total. The van der Waals surface area contributed by atoms with Crippen LogP contribution in [0.25, 0.3) is 0 Å². The molecule has 0 radical (unpaired) electrons. The fraction of sp³-hybridized carbons (Fsp3) is 0.400. The van der Waals surface area contributed by atoms with Crippen molar-refractivity contribution in [1.29, 1.82) is 0 Å². The number of hydrogen-bond donors (Lipinski definition) is 1. The normalized spacial score (nSPS) is 20.5. The third-order valence-electron chi connectivity index (χ3n) is 4.77. The number of hydrogen-bond acceptors (Lipinski definition) is 4. The standard InChI is InChI=1S/C20H22ClF2NO3/c1-12-3-5-15(21)14(20(12)23)10-24-8-7-17(16(25)11-24)27-18-6-4-13(22)9-19(18)26-2/h3-6,9,16-17,25H,7-8,10-11H2,1-2H3/t16-,17-/m1/s1. The van der Waals surface area contributed by atoms with Crippen molar-refractivity contribution in [2.24, 2.45) is 0 Å². The number of halogens is 3. The van der Waals surface area contributed by atoms with E-state index < -0.39 is 18.0 Å². The molecule has 0 amide bonds. The zero-order valence-electron chi connectivity index (χ0n) is 15.2. The maximum Gasteiger partial charge on any atom is 0.163 e. The summed E-state index contributed by atoms with van der Waals surface area (Å²) >= 11 is 6.14. The van der Waals surface area contributed by atoms with Crippen LogP contribution in [0.2, 0.25) is 5.02 Å². The number of rotatable bonds is 5. The van der Waals surface area contributed by atoms with E-state index >= 15 is 0 Å². The van der Waals surface area contributed by atoms with Gasteiger partial charge in [0.15, 0.2) is 11.5 Å². The van der Waals surface area contributed by atoms with E-state index in [0.29, 0.717) is 48.0 Å². The van der Waals surface area contributed by atoms with Crippen LogP contribution in [0.3, 0.4) is 0 Å². The first kappa shape index (κ1) is 19.9. The van der Waals surface area contributed by atoms with E-state index in [0.717, 1.165) is 0 Å². The van der Waals surface area contributed by atoms with Crippen LogP contribution in [-0.4, -0.2) is 42.4 Å². The molecular formula is C20H22ClF2NO3. The smallest absolute Gasteiger partial charge is 0.163 e. The molecule has 2 atom stereocenters. The lowest BCUT2D eigenvalue weighted by Crippen LogP contribution is -2.48. The van der Waals surface area contributed by atoms with Gasteiger partial charge in [-0.3, -0.25) is 4.90 Å². The monoisotopic (exact) mass is 397 g/mol.